The van der Waals surface area contributed by atoms with Crippen molar-refractivity contribution in [2.24, 2.45) is 11.3 Å². The second-order valence-electron chi connectivity index (χ2n) is 5.23. The lowest BCUT2D eigenvalue weighted by Crippen LogP contribution is -2.26. The summed E-state index contributed by atoms with van der Waals surface area (Å²) >= 11 is 0. The molecule has 0 N–H and O–H groups in total. The molecule has 1 heterocycles. The highest BCUT2D eigenvalue weighted by Crippen LogP contribution is 2.41. The molecule has 2 rings (SSSR count). The minimum Gasteiger partial charge on any atom is -0.357 e. The Morgan fingerprint density at radius 1 is 1.50 bits per heavy atom. The summed E-state index contributed by atoms with van der Waals surface area (Å²) in [6.45, 7) is 6.88. The molecule has 1 atom stereocenters. The fourth-order valence-corrected chi connectivity index (χ4v) is 2.49. The molecule has 0 saturated heterocycles. The molecular weight excluding hydrogens is 198 g/mol. The predicted octanol–water partition coefficient (Wildman–Crippen LogP) is 4.07. The van der Waals surface area contributed by atoms with Gasteiger partial charge in [-0.15, -0.1) is 0 Å². The van der Waals surface area contributed by atoms with Gasteiger partial charge in [0.1, 0.15) is 0 Å². The first-order valence-electron chi connectivity index (χ1n) is 5.85. The van der Waals surface area contributed by atoms with Gasteiger partial charge in [0.2, 0.25) is 0 Å². The Kier molecular flexibility index (Phi) is 2.99. The second kappa shape index (κ2) is 4.28. The molecule has 86 valence electrons. The molecular formula is C14H19NO. The van der Waals surface area contributed by atoms with Crippen molar-refractivity contribution >= 4 is 6.08 Å². The molecule has 0 spiro atoms. The summed E-state index contributed by atoms with van der Waals surface area (Å²) in [5.41, 5.74) is 1.81. The van der Waals surface area contributed by atoms with Crippen molar-refractivity contribution in [2.75, 3.05) is 0 Å². The van der Waals surface area contributed by atoms with Crippen LogP contribution in [0.15, 0.2) is 34.5 Å². The van der Waals surface area contributed by atoms with Crippen molar-refractivity contribution in [2.45, 2.75) is 33.6 Å². The lowest BCUT2D eigenvalue weighted by molar-refractivity contribution is 0.256. The highest BCUT2D eigenvalue weighted by Gasteiger charge is 2.30. The summed E-state index contributed by atoms with van der Waals surface area (Å²) < 4.78 is 5.07. The minimum absolute atomic E-state index is 0.343. The molecule has 0 radical (unpaired) electrons. The van der Waals surface area contributed by atoms with Crippen LogP contribution in [0.2, 0.25) is 0 Å². The quantitative estimate of drug-likeness (QED) is 0.698. The molecule has 1 unspecified atom stereocenters. The third-order valence-electron chi connectivity index (χ3n) is 3.50. The Bertz CT molecular complexity index is 398. The van der Waals surface area contributed by atoms with Gasteiger partial charge in [-0.05, 0) is 31.3 Å². The van der Waals surface area contributed by atoms with Crippen LogP contribution in [0.1, 0.15) is 39.4 Å². The van der Waals surface area contributed by atoms with E-state index < -0.39 is 0 Å². The van der Waals surface area contributed by atoms with E-state index in [4.69, 9.17) is 4.52 Å². The monoisotopic (exact) mass is 217 g/mol. The van der Waals surface area contributed by atoms with E-state index in [9.17, 15) is 0 Å². The van der Waals surface area contributed by atoms with E-state index in [0.717, 1.165) is 5.76 Å². The summed E-state index contributed by atoms with van der Waals surface area (Å²) in [6, 6.07) is 1.88. The van der Waals surface area contributed by atoms with Gasteiger partial charge >= 0.3 is 0 Å². The highest BCUT2D eigenvalue weighted by molar-refractivity contribution is 5.43. The molecule has 16 heavy (non-hydrogen) atoms. The Balaban J connectivity index is 2.19. The van der Waals surface area contributed by atoms with E-state index >= 15 is 0 Å². The first kappa shape index (κ1) is 11.2. The Morgan fingerprint density at radius 3 is 2.94 bits per heavy atom. The number of allylic oxidation sites excluding steroid dienone is 3. The summed E-state index contributed by atoms with van der Waals surface area (Å²) in [5, 5.41) is 3.70. The highest BCUT2D eigenvalue weighted by atomic mass is 16.5. The molecule has 0 bridgehead atoms. The van der Waals surface area contributed by atoms with Crippen molar-refractivity contribution < 1.29 is 4.52 Å². The van der Waals surface area contributed by atoms with Crippen LogP contribution in [-0.2, 0) is 0 Å². The van der Waals surface area contributed by atoms with Crippen molar-refractivity contribution in [3.05, 3.63) is 35.7 Å². The van der Waals surface area contributed by atoms with Gasteiger partial charge in [-0.3, -0.25) is 0 Å². The SMILES string of the molecule is CC1=CCCC(C)(C)C1/C=C/c1ccno1. The number of aromatic nitrogens is 1. The van der Waals surface area contributed by atoms with Crippen LogP contribution >= 0.6 is 0 Å². The minimum atomic E-state index is 0.343. The molecule has 0 saturated carbocycles. The lowest BCUT2D eigenvalue weighted by Gasteiger charge is -2.36. The maximum Gasteiger partial charge on any atom is 0.159 e. The van der Waals surface area contributed by atoms with Gasteiger partial charge in [0.05, 0.1) is 6.20 Å². The summed E-state index contributed by atoms with van der Waals surface area (Å²) in [6.07, 6.45) is 10.7. The maximum absolute atomic E-state index is 5.07. The van der Waals surface area contributed by atoms with Gasteiger partial charge in [0.15, 0.2) is 5.76 Å². The molecule has 2 nitrogen and oxygen atoms in total. The Morgan fingerprint density at radius 2 is 2.31 bits per heavy atom. The van der Waals surface area contributed by atoms with Gasteiger partial charge in [-0.2, -0.15) is 0 Å². The van der Waals surface area contributed by atoms with E-state index in [-0.39, 0.29) is 0 Å². The van der Waals surface area contributed by atoms with Crippen molar-refractivity contribution in [1.29, 1.82) is 0 Å². The van der Waals surface area contributed by atoms with E-state index in [2.05, 4.69) is 38.1 Å². The molecule has 0 aliphatic heterocycles. The molecule has 2 heteroatoms. The number of rotatable bonds is 2. The average Bonchev–Trinajstić information content (AvgIpc) is 2.68. The Hall–Kier alpha value is -1.31. The first-order chi connectivity index (χ1) is 7.59. The van der Waals surface area contributed by atoms with Crippen molar-refractivity contribution in [3.8, 4) is 0 Å². The number of hydrogen-bond donors (Lipinski definition) is 0. The topological polar surface area (TPSA) is 26.0 Å². The van der Waals surface area contributed by atoms with Gasteiger partial charge in [-0.25, -0.2) is 0 Å². The maximum atomic E-state index is 5.07. The number of hydrogen-bond acceptors (Lipinski definition) is 2. The van der Waals surface area contributed by atoms with Gasteiger partial charge in [0, 0.05) is 12.0 Å². The largest absolute Gasteiger partial charge is 0.357 e. The van der Waals surface area contributed by atoms with Crippen LogP contribution in [0.25, 0.3) is 6.08 Å². The molecule has 1 aromatic heterocycles. The summed E-state index contributed by atoms with van der Waals surface area (Å²) in [4.78, 5) is 0. The smallest absolute Gasteiger partial charge is 0.159 e. The molecule has 1 aliphatic rings. The number of nitrogens with zero attached hydrogens (tertiary/aromatic N) is 1. The van der Waals surface area contributed by atoms with E-state index in [1.807, 2.05) is 12.1 Å². The first-order valence-corrected chi connectivity index (χ1v) is 5.85. The average molecular weight is 217 g/mol. The Labute approximate surface area is 97.0 Å². The summed E-state index contributed by atoms with van der Waals surface area (Å²) in [5.74, 6) is 1.33. The van der Waals surface area contributed by atoms with Gasteiger partial charge in [0.25, 0.3) is 0 Å². The van der Waals surface area contributed by atoms with Crippen LogP contribution in [0.3, 0.4) is 0 Å². The van der Waals surface area contributed by atoms with Gasteiger partial charge < -0.3 is 4.52 Å². The van der Waals surface area contributed by atoms with Crippen LogP contribution < -0.4 is 0 Å². The van der Waals surface area contributed by atoms with Crippen LogP contribution in [0.4, 0.5) is 0 Å². The fourth-order valence-electron chi connectivity index (χ4n) is 2.49. The van der Waals surface area contributed by atoms with E-state index in [1.54, 1.807) is 6.20 Å². The van der Waals surface area contributed by atoms with E-state index in [1.165, 1.54) is 18.4 Å². The van der Waals surface area contributed by atoms with Crippen LogP contribution in [0.5, 0.6) is 0 Å². The third kappa shape index (κ3) is 2.26. The zero-order chi connectivity index (χ0) is 11.6. The zero-order valence-corrected chi connectivity index (χ0v) is 10.2. The predicted molar refractivity (Wildman–Crippen MR) is 65.8 cm³/mol. The lowest BCUT2D eigenvalue weighted by atomic mass is 9.68. The van der Waals surface area contributed by atoms with Crippen LogP contribution in [-0.4, -0.2) is 5.16 Å². The van der Waals surface area contributed by atoms with Crippen molar-refractivity contribution in [1.82, 2.24) is 5.16 Å². The van der Waals surface area contributed by atoms with Crippen LogP contribution in [0, 0.1) is 11.3 Å². The second-order valence-corrected chi connectivity index (χ2v) is 5.23. The molecule has 0 fully saturated rings. The fraction of sp³-hybridized carbons (Fsp3) is 0.500. The van der Waals surface area contributed by atoms with Crippen molar-refractivity contribution in [3.63, 3.8) is 0 Å². The van der Waals surface area contributed by atoms with E-state index in [0.29, 0.717) is 11.3 Å². The molecule has 1 aromatic rings. The van der Waals surface area contributed by atoms with Gasteiger partial charge in [-0.1, -0.05) is 36.7 Å². The molecule has 0 amide bonds. The molecule has 0 aromatic carbocycles. The third-order valence-corrected chi connectivity index (χ3v) is 3.50. The standard InChI is InChI=1S/C14H19NO/c1-11-5-4-9-14(2,3)13(11)7-6-12-8-10-15-16-12/h5-8,10,13H,4,9H2,1-3H3/b7-6+. The molecule has 1 aliphatic carbocycles. The zero-order valence-electron chi connectivity index (χ0n) is 10.2. The summed E-state index contributed by atoms with van der Waals surface area (Å²) in [7, 11) is 0. The normalized spacial score (nSPS) is 24.7.